The maximum atomic E-state index is 13.3. The summed E-state index contributed by atoms with van der Waals surface area (Å²) in [5.41, 5.74) is 0.855. The van der Waals surface area contributed by atoms with Crippen LogP contribution in [0.2, 0.25) is 0 Å². The zero-order valence-electron chi connectivity index (χ0n) is 7.97. The van der Waals surface area contributed by atoms with Gasteiger partial charge in [-0.2, -0.15) is 4.39 Å². The third-order valence-corrected chi connectivity index (χ3v) is 2.20. The van der Waals surface area contributed by atoms with Crippen molar-refractivity contribution in [3.05, 3.63) is 65.7 Å². The Balaban J connectivity index is 2.37. The zero-order chi connectivity index (χ0) is 10.7. The summed E-state index contributed by atoms with van der Waals surface area (Å²) in [6.07, 6.45) is 0.399. The van der Waals surface area contributed by atoms with E-state index in [1.807, 2.05) is 6.07 Å². The molecule has 1 N–H and O–H groups in total. The fourth-order valence-electron chi connectivity index (χ4n) is 1.42. The number of halogens is 1. The molecule has 0 spiro atoms. The number of hydrogen-bond acceptors (Lipinski definition) is 2. The van der Waals surface area contributed by atoms with Crippen molar-refractivity contribution in [1.82, 2.24) is 4.98 Å². The van der Waals surface area contributed by atoms with E-state index in [9.17, 15) is 9.50 Å². The lowest BCUT2D eigenvalue weighted by molar-refractivity contribution is 0.213. The van der Waals surface area contributed by atoms with Crippen molar-refractivity contribution in [3.8, 4) is 0 Å². The minimum Gasteiger partial charge on any atom is -0.383 e. The minimum atomic E-state index is -0.958. The molecule has 1 heterocycles. The van der Waals surface area contributed by atoms with E-state index in [0.717, 1.165) is 0 Å². The van der Waals surface area contributed by atoms with Gasteiger partial charge in [0, 0.05) is 11.8 Å². The van der Waals surface area contributed by atoms with Gasteiger partial charge in [0.25, 0.3) is 0 Å². The van der Waals surface area contributed by atoms with Crippen LogP contribution >= 0.6 is 0 Å². The summed E-state index contributed by atoms with van der Waals surface area (Å²) >= 11 is 0. The molecule has 2 nitrogen and oxygen atoms in total. The number of aliphatic hydroxyl groups is 1. The van der Waals surface area contributed by atoms with Crippen molar-refractivity contribution in [3.63, 3.8) is 0 Å². The molecule has 1 atom stereocenters. The van der Waals surface area contributed by atoms with Crippen LogP contribution in [0.15, 0.2) is 48.7 Å². The average molecular weight is 203 g/mol. The number of aliphatic hydroxyl groups excluding tert-OH is 1. The number of aromatic nitrogens is 1. The summed E-state index contributed by atoms with van der Waals surface area (Å²) in [5, 5.41) is 9.89. The molecule has 0 radical (unpaired) electrons. The smallest absolute Gasteiger partial charge is 0.218 e. The van der Waals surface area contributed by atoms with E-state index in [4.69, 9.17) is 0 Å². The molecule has 3 heteroatoms. The molecule has 0 aliphatic carbocycles. The van der Waals surface area contributed by atoms with Crippen molar-refractivity contribution in [2.75, 3.05) is 0 Å². The molecule has 0 saturated heterocycles. The number of pyridine rings is 1. The molecule has 0 fully saturated rings. The maximum Gasteiger partial charge on any atom is 0.218 e. The van der Waals surface area contributed by atoms with Crippen LogP contribution in [0.5, 0.6) is 0 Å². The van der Waals surface area contributed by atoms with Gasteiger partial charge < -0.3 is 5.11 Å². The average Bonchev–Trinajstić information content (AvgIpc) is 2.30. The lowest BCUT2D eigenvalue weighted by Gasteiger charge is -2.10. The van der Waals surface area contributed by atoms with Crippen LogP contribution in [0, 0.1) is 5.95 Å². The Bertz CT molecular complexity index is 444. The predicted molar refractivity (Wildman–Crippen MR) is 54.7 cm³/mol. The number of benzene rings is 1. The second kappa shape index (κ2) is 4.19. The highest BCUT2D eigenvalue weighted by Crippen LogP contribution is 2.22. The van der Waals surface area contributed by atoms with E-state index >= 15 is 0 Å². The van der Waals surface area contributed by atoms with Crippen molar-refractivity contribution in [1.29, 1.82) is 0 Å². The van der Waals surface area contributed by atoms with Crippen LogP contribution in [0.3, 0.4) is 0 Å². The monoisotopic (exact) mass is 203 g/mol. The van der Waals surface area contributed by atoms with E-state index < -0.39 is 12.1 Å². The van der Waals surface area contributed by atoms with E-state index in [-0.39, 0.29) is 5.56 Å². The summed E-state index contributed by atoms with van der Waals surface area (Å²) < 4.78 is 13.3. The highest BCUT2D eigenvalue weighted by Gasteiger charge is 2.14. The Morgan fingerprint density at radius 2 is 1.80 bits per heavy atom. The van der Waals surface area contributed by atoms with Gasteiger partial charge in [-0.25, -0.2) is 4.98 Å². The molecule has 2 rings (SSSR count). The Morgan fingerprint density at radius 1 is 1.07 bits per heavy atom. The summed E-state index contributed by atoms with van der Waals surface area (Å²) in [4.78, 5) is 3.50. The lowest BCUT2D eigenvalue weighted by Crippen LogP contribution is -2.03. The molecule has 76 valence electrons. The second-order valence-corrected chi connectivity index (χ2v) is 3.20. The van der Waals surface area contributed by atoms with Crippen LogP contribution in [-0.2, 0) is 0 Å². The number of nitrogens with zero attached hydrogens (tertiary/aromatic N) is 1. The predicted octanol–water partition coefficient (Wildman–Crippen LogP) is 2.30. The first-order chi connectivity index (χ1) is 7.29. The minimum absolute atomic E-state index is 0.198. The Hall–Kier alpha value is -1.74. The van der Waals surface area contributed by atoms with E-state index in [0.29, 0.717) is 5.56 Å². The molecular weight excluding hydrogens is 193 g/mol. The quantitative estimate of drug-likeness (QED) is 0.760. The van der Waals surface area contributed by atoms with E-state index in [2.05, 4.69) is 4.98 Å². The Labute approximate surface area is 87.0 Å². The summed E-state index contributed by atoms with van der Waals surface area (Å²) in [7, 11) is 0. The van der Waals surface area contributed by atoms with Gasteiger partial charge in [-0.05, 0) is 17.7 Å². The van der Waals surface area contributed by atoms with Gasteiger partial charge in [0.15, 0.2) is 0 Å². The van der Waals surface area contributed by atoms with Crippen LogP contribution in [0.4, 0.5) is 4.39 Å². The van der Waals surface area contributed by atoms with E-state index in [1.165, 1.54) is 12.3 Å². The summed E-state index contributed by atoms with van der Waals surface area (Å²) in [6.45, 7) is 0. The van der Waals surface area contributed by atoms with Gasteiger partial charge in [-0.3, -0.25) is 0 Å². The third-order valence-electron chi connectivity index (χ3n) is 2.20. The second-order valence-electron chi connectivity index (χ2n) is 3.20. The van der Waals surface area contributed by atoms with Crippen molar-refractivity contribution < 1.29 is 9.50 Å². The molecule has 1 aromatic heterocycles. The molecule has 0 aliphatic rings. The highest BCUT2D eigenvalue weighted by molar-refractivity contribution is 5.28. The van der Waals surface area contributed by atoms with Gasteiger partial charge in [0.05, 0.1) is 0 Å². The first kappa shape index (κ1) is 9.80. The summed E-state index contributed by atoms with van der Waals surface area (Å²) in [5.74, 6) is -0.631. The zero-order valence-corrected chi connectivity index (χ0v) is 7.97. The molecular formula is C12H10FNO. The molecule has 0 amide bonds. The van der Waals surface area contributed by atoms with Crippen molar-refractivity contribution in [2.45, 2.75) is 6.10 Å². The van der Waals surface area contributed by atoms with Gasteiger partial charge in [-0.1, -0.05) is 30.3 Å². The Kier molecular flexibility index (Phi) is 2.74. The first-order valence-corrected chi connectivity index (χ1v) is 4.62. The lowest BCUT2D eigenvalue weighted by atomic mass is 10.0. The van der Waals surface area contributed by atoms with Crippen molar-refractivity contribution >= 4 is 0 Å². The number of hydrogen-bond donors (Lipinski definition) is 1. The van der Waals surface area contributed by atoms with Gasteiger partial charge in [0.2, 0.25) is 5.95 Å². The molecule has 1 unspecified atom stereocenters. The number of rotatable bonds is 2. The Morgan fingerprint density at radius 3 is 2.47 bits per heavy atom. The molecule has 0 bridgehead atoms. The van der Waals surface area contributed by atoms with Crippen LogP contribution in [0.25, 0.3) is 0 Å². The van der Waals surface area contributed by atoms with Crippen molar-refractivity contribution in [2.24, 2.45) is 0 Å². The van der Waals surface area contributed by atoms with Crippen LogP contribution < -0.4 is 0 Å². The van der Waals surface area contributed by atoms with E-state index in [1.54, 1.807) is 30.3 Å². The standard InChI is InChI=1S/C12H10FNO/c13-12-10(7-4-8-14-12)11(15)9-5-2-1-3-6-9/h1-8,11,15H. The van der Waals surface area contributed by atoms with Gasteiger partial charge in [0.1, 0.15) is 6.10 Å². The topological polar surface area (TPSA) is 33.1 Å². The van der Waals surface area contributed by atoms with Gasteiger partial charge in [-0.15, -0.1) is 0 Å². The molecule has 0 aliphatic heterocycles. The SMILES string of the molecule is OC(c1ccccc1)c1cccnc1F. The fourth-order valence-corrected chi connectivity index (χ4v) is 1.42. The molecule has 2 aromatic rings. The normalized spacial score (nSPS) is 12.4. The largest absolute Gasteiger partial charge is 0.383 e. The molecule has 0 saturated carbocycles. The first-order valence-electron chi connectivity index (χ1n) is 4.62. The highest BCUT2D eigenvalue weighted by atomic mass is 19.1. The van der Waals surface area contributed by atoms with Crippen LogP contribution in [-0.4, -0.2) is 10.1 Å². The fraction of sp³-hybridized carbons (Fsp3) is 0.0833. The van der Waals surface area contributed by atoms with Crippen LogP contribution in [0.1, 0.15) is 17.2 Å². The third kappa shape index (κ3) is 2.02. The molecule has 15 heavy (non-hydrogen) atoms. The maximum absolute atomic E-state index is 13.3. The summed E-state index contributed by atoms with van der Waals surface area (Å²) in [6, 6.07) is 12.1. The molecule has 1 aromatic carbocycles. The van der Waals surface area contributed by atoms with Gasteiger partial charge >= 0.3 is 0 Å².